The van der Waals surface area contributed by atoms with Crippen LogP contribution in [0.2, 0.25) is 0 Å². The first-order valence-corrected chi connectivity index (χ1v) is 8.92. The van der Waals surface area contributed by atoms with Gasteiger partial charge in [-0.15, -0.1) is 0 Å². The Morgan fingerprint density at radius 2 is 1.70 bits per heavy atom. The topological polar surface area (TPSA) is 66.8 Å². The number of piperidine rings is 1. The van der Waals surface area contributed by atoms with Crippen LogP contribution in [-0.2, 0) is 9.53 Å². The van der Waals surface area contributed by atoms with Gasteiger partial charge in [-0.2, -0.15) is 0 Å². The Balaban J connectivity index is 2.01. The van der Waals surface area contributed by atoms with Crippen LogP contribution in [0.1, 0.15) is 72.1 Å². The number of carboxylic acid groups (broad SMARTS) is 1. The van der Waals surface area contributed by atoms with E-state index in [1.807, 2.05) is 20.8 Å². The van der Waals surface area contributed by atoms with Crippen molar-refractivity contribution in [1.82, 2.24) is 4.90 Å². The number of carboxylic acids is 1. The zero-order valence-corrected chi connectivity index (χ0v) is 14.8. The summed E-state index contributed by atoms with van der Waals surface area (Å²) in [7, 11) is 0. The van der Waals surface area contributed by atoms with Crippen LogP contribution in [0.15, 0.2) is 0 Å². The number of likely N-dealkylation sites (tertiary alicyclic amines) is 1. The maximum atomic E-state index is 12.2. The maximum absolute atomic E-state index is 12.2. The predicted molar refractivity (Wildman–Crippen MR) is 88.3 cm³/mol. The standard InChI is InChI=1S/C18H31NO4/c1-17(2,3)23-16(22)19-11-9-18(10-12-19,13-15(20)21)14-7-5-4-6-8-14/h14H,4-13H2,1-3H3,(H,20,21). The molecule has 0 aromatic heterocycles. The van der Waals surface area contributed by atoms with Crippen LogP contribution in [0.5, 0.6) is 0 Å². The van der Waals surface area contributed by atoms with Gasteiger partial charge in [0, 0.05) is 13.1 Å². The molecule has 23 heavy (non-hydrogen) atoms. The highest BCUT2D eigenvalue weighted by Crippen LogP contribution is 2.48. The normalized spacial score (nSPS) is 22.7. The van der Waals surface area contributed by atoms with Gasteiger partial charge < -0.3 is 14.7 Å². The molecule has 1 N–H and O–H groups in total. The van der Waals surface area contributed by atoms with Crippen LogP contribution in [0.3, 0.4) is 0 Å². The average Bonchev–Trinajstić information content (AvgIpc) is 2.46. The molecule has 1 amide bonds. The highest BCUT2D eigenvalue weighted by Gasteiger charge is 2.44. The molecule has 1 heterocycles. The lowest BCUT2D eigenvalue weighted by Crippen LogP contribution is -2.48. The summed E-state index contributed by atoms with van der Waals surface area (Å²) in [6, 6.07) is 0. The van der Waals surface area contributed by atoms with Crippen LogP contribution in [0, 0.1) is 11.3 Å². The fourth-order valence-corrected chi connectivity index (χ4v) is 4.21. The van der Waals surface area contributed by atoms with Gasteiger partial charge in [0.25, 0.3) is 0 Å². The van der Waals surface area contributed by atoms with E-state index in [1.165, 1.54) is 19.3 Å². The second-order valence-corrected chi connectivity index (χ2v) is 8.24. The lowest BCUT2D eigenvalue weighted by Gasteiger charge is -2.47. The van der Waals surface area contributed by atoms with Crippen LogP contribution in [-0.4, -0.2) is 40.8 Å². The third kappa shape index (κ3) is 4.85. The summed E-state index contributed by atoms with van der Waals surface area (Å²) in [6.45, 7) is 6.82. The first-order valence-electron chi connectivity index (χ1n) is 8.92. The summed E-state index contributed by atoms with van der Waals surface area (Å²) in [5.74, 6) is -0.213. The van der Waals surface area contributed by atoms with Crippen molar-refractivity contribution in [3.63, 3.8) is 0 Å². The fraction of sp³-hybridized carbons (Fsp3) is 0.889. The summed E-state index contributed by atoms with van der Waals surface area (Å²) in [4.78, 5) is 25.4. The number of hydrogen-bond donors (Lipinski definition) is 1. The van der Waals surface area contributed by atoms with Gasteiger partial charge in [-0.05, 0) is 57.8 Å². The van der Waals surface area contributed by atoms with E-state index in [0.717, 1.165) is 25.7 Å². The minimum atomic E-state index is -0.707. The number of aliphatic carboxylic acids is 1. The smallest absolute Gasteiger partial charge is 0.410 e. The van der Waals surface area contributed by atoms with Crippen LogP contribution in [0.4, 0.5) is 4.79 Å². The van der Waals surface area contributed by atoms with E-state index in [1.54, 1.807) is 4.90 Å². The van der Waals surface area contributed by atoms with Gasteiger partial charge in [-0.3, -0.25) is 4.79 Å². The molecule has 0 radical (unpaired) electrons. The number of hydrogen-bond acceptors (Lipinski definition) is 3. The van der Waals surface area contributed by atoms with Crippen LogP contribution < -0.4 is 0 Å². The van der Waals surface area contributed by atoms with E-state index >= 15 is 0 Å². The monoisotopic (exact) mass is 325 g/mol. The number of carbonyl (C=O) groups is 2. The quantitative estimate of drug-likeness (QED) is 0.849. The summed E-state index contributed by atoms with van der Waals surface area (Å²) >= 11 is 0. The van der Waals surface area contributed by atoms with Gasteiger partial charge in [-0.25, -0.2) is 4.79 Å². The molecule has 0 atom stereocenters. The van der Waals surface area contributed by atoms with Crippen LogP contribution >= 0.6 is 0 Å². The van der Waals surface area contributed by atoms with Crippen molar-refractivity contribution < 1.29 is 19.4 Å². The Labute approximate surface area is 139 Å². The number of nitrogens with zero attached hydrogens (tertiary/aromatic N) is 1. The van der Waals surface area contributed by atoms with Crippen molar-refractivity contribution in [2.75, 3.05) is 13.1 Å². The Hall–Kier alpha value is -1.26. The molecule has 5 nitrogen and oxygen atoms in total. The molecule has 1 aliphatic carbocycles. The molecule has 0 spiro atoms. The second-order valence-electron chi connectivity index (χ2n) is 8.24. The predicted octanol–water partition coefficient (Wildman–Crippen LogP) is 4.06. The average molecular weight is 325 g/mol. The molecular formula is C18H31NO4. The highest BCUT2D eigenvalue weighted by atomic mass is 16.6. The summed E-state index contributed by atoms with van der Waals surface area (Å²) in [5.41, 5.74) is -0.624. The van der Waals surface area contributed by atoms with Crippen molar-refractivity contribution in [3.05, 3.63) is 0 Å². The molecule has 0 aromatic carbocycles. The van der Waals surface area contributed by atoms with Gasteiger partial charge in [0.1, 0.15) is 5.60 Å². The van der Waals surface area contributed by atoms with Crippen molar-refractivity contribution >= 4 is 12.1 Å². The van der Waals surface area contributed by atoms with E-state index in [2.05, 4.69) is 0 Å². The minimum absolute atomic E-state index is 0.134. The van der Waals surface area contributed by atoms with Crippen molar-refractivity contribution in [1.29, 1.82) is 0 Å². The molecule has 2 rings (SSSR count). The van der Waals surface area contributed by atoms with E-state index in [0.29, 0.717) is 19.0 Å². The number of ether oxygens (including phenoxy) is 1. The largest absolute Gasteiger partial charge is 0.481 e. The zero-order chi connectivity index (χ0) is 17.1. The minimum Gasteiger partial charge on any atom is -0.481 e. The Bertz CT molecular complexity index is 427. The maximum Gasteiger partial charge on any atom is 0.410 e. The molecule has 5 heteroatoms. The zero-order valence-electron chi connectivity index (χ0n) is 14.8. The van der Waals surface area contributed by atoms with E-state index < -0.39 is 11.6 Å². The highest BCUT2D eigenvalue weighted by molar-refractivity contribution is 5.69. The molecule has 2 aliphatic rings. The molecule has 0 unspecified atom stereocenters. The first-order chi connectivity index (χ1) is 10.7. The van der Waals surface area contributed by atoms with E-state index in [9.17, 15) is 14.7 Å². The van der Waals surface area contributed by atoms with Crippen molar-refractivity contribution in [3.8, 4) is 0 Å². The van der Waals surface area contributed by atoms with Gasteiger partial charge in [0.05, 0.1) is 6.42 Å². The molecule has 2 fully saturated rings. The Morgan fingerprint density at radius 1 is 1.13 bits per heavy atom. The molecule has 132 valence electrons. The van der Waals surface area contributed by atoms with Crippen molar-refractivity contribution in [2.45, 2.75) is 77.7 Å². The molecule has 1 aliphatic heterocycles. The third-order valence-corrected chi connectivity index (χ3v) is 5.39. The molecular weight excluding hydrogens is 294 g/mol. The SMILES string of the molecule is CC(C)(C)OC(=O)N1CCC(CC(=O)O)(C2CCCCC2)CC1. The van der Waals surface area contributed by atoms with Crippen LogP contribution in [0.25, 0.3) is 0 Å². The van der Waals surface area contributed by atoms with E-state index in [-0.39, 0.29) is 17.9 Å². The number of carbonyl (C=O) groups excluding carboxylic acids is 1. The number of rotatable bonds is 3. The third-order valence-electron chi connectivity index (χ3n) is 5.39. The molecule has 0 aromatic rings. The van der Waals surface area contributed by atoms with Gasteiger partial charge in [0.15, 0.2) is 0 Å². The summed E-state index contributed by atoms with van der Waals surface area (Å²) in [6.07, 6.45) is 7.49. The number of amides is 1. The lowest BCUT2D eigenvalue weighted by atomic mass is 9.62. The first kappa shape index (κ1) is 18.1. The lowest BCUT2D eigenvalue weighted by molar-refractivity contribution is -0.142. The van der Waals surface area contributed by atoms with Gasteiger partial charge in [-0.1, -0.05) is 19.3 Å². The second kappa shape index (κ2) is 7.10. The molecule has 0 bridgehead atoms. The van der Waals surface area contributed by atoms with Gasteiger partial charge in [0.2, 0.25) is 0 Å². The fourth-order valence-electron chi connectivity index (χ4n) is 4.21. The Kier molecular flexibility index (Phi) is 5.58. The summed E-state index contributed by atoms with van der Waals surface area (Å²) in [5, 5.41) is 9.38. The summed E-state index contributed by atoms with van der Waals surface area (Å²) < 4.78 is 5.44. The Morgan fingerprint density at radius 3 is 2.17 bits per heavy atom. The van der Waals surface area contributed by atoms with Crippen molar-refractivity contribution in [2.24, 2.45) is 11.3 Å². The molecule has 1 saturated heterocycles. The van der Waals surface area contributed by atoms with E-state index in [4.69, 9.17) is 4.74 Å². The molecule has 1 saturated carbocycles. The van der Waals surface area contributed by atoms with Gasteiger partial charge >= 0.3 is 12.1 Å².